The molecule has 0 amide bonds. The Hall–Kier alpha value is -0.870. The first-order valence-corrected chi connectivity index (χ1v) is 5.32. The first-order chi connectivity index (χ1) is 7.13. The number of aliphatic carboxylic acids is 1. The van der Waals surface area contributed by atoms with Crippen molar-refractivity contribution in [2.45, 2.75) is 38.4 Å². The quantitative estimate of drug-likeness (QED) is 0.675. The summed E-state index contributed by atoms with van der Waals surface area (Å²) >= 11 is 0. The Labute approximate surface area is 89.6 Å². The molecule has 0 radical (unpaired) electrons. The van der Waals surface area contributed by atoms with Gasteiger partial charge in [0.2, 0.25) is 0 Å². The van der Waals surface area contributed by atoms with Crippen molar-refractivity contribution >= 4 is 5.97 Å². The molecule has 1 rings (SSSR count). The van der Waals surface area contributed by atoms with E-state index in [1.54, 1.807) is 6.08 Å². The largest absolute Gasteiger partial charge is 0.478 e. The van der Waals surface area contributed by atoms with Gasteiger partial charge in [0.1, 0.15) is 0 Å². The first kappa shape index (κ1) is 12.2. The average Bonchev–Trinajstić information content (AvgIpc) is 2.65. The van der Waals surface area contributed by atoms with Crippen LogP contribution in [0.2, 0.25) is 0 Å². The standard InChI is InChI=1S/C11H18O4/c1-2-9(12)10-6-8(7-15-10)4-3-5-11(13)14/h3,5,8-10,12H,2,4,6-7H2,1H3,(H,13,14)/b5-3+/t8-,9+,10+/m1/s1. The molecule has 1 saturated heterocycles. The molecule has 0 unspecified atom stereocenters. The van der Waals surface area contributed by atoms with Crippen molar-refractivity contribution in [1.82, 2.24) is 0 Å². The van der Waals surface area contributed by atoms with Crippen LogP contribution in [0, 0.1) is 5.92 Å². The van der Waals surface area contributed by atoms with Crippen molar-refractivity contribution in [2.75, 3.05) is 6.61 Å². The van der Waals surface area contributed by atoms with Crippen LogP contribution >= 0.6 is 0 Å². The molecule has 3 atom stereocenters. The first-order valence-electron chi connectivity index (χ1n) is 5.32. The van der Waals surface area contributed by atoms with E-state index in [1.165, 1.54) is 0 Å². The van der Waals surface area contributed by atoms with E-state index in [0.717, 1.165) is 12.5 Å². The topological polar surface area (TPSA) is 66.8 Å². The fourth-order valence-corrected chi connectivity index (χ4v) is 1.78. The lowest BCUT2D eigenvalue weighted by Gasteiger charge is -2.14. The van der Waals surface area contributed by atoms with E-state index in [-0.39, 0.29) is 6.10 Å². The maximum absolute atomic E-state index is 10.2. The van der Waals surface area contributed by atoms with Crippen LogP contribution < -0.4 is 0 Å². The third kappa shape index (κ3) is 4.01. The summed E-state index contributed by atoms with van der Waals surface area (Å²) in [5.41, 5.74) is 0. The molecule has 0 aromatic heterocycles. The van der Waals surface area contributed by atoms with Crippen LogP contribution in [0.25, 0.3) is 0 Å². The van der Waals surface area contributed by atoms with E-state index in [0.29, 0.717) is 25.4 Å². The number of carbonyl (C=O) groups is 1. The van der Waals surface area contributed by atoms with Crippen LogP contribution in [-0.2, 0) is 9.53 Å². The second kappa shape index (κ2) is 5.88. The molecule has 1 fully saturated rings. The van der Waals surface area contributed by atoms with Gasteiger partial charge in [0.05, 0.1) is 18.8 Å². The average molecular weight is 214 g/mol. The van der Waals surface area contributed by atoms with Gasteiger partial charge in [0.15, 0.2) is 0 Å². The number of ether oxygens (including phenoxy) is 1. The van der Waals surface area contributed by atoms with Crippen molar-refractivity contribution < 1.29 is 19.7 Å². The summed E-state index contributed by atoms with van der Waals surface area (Å²) in [7, 11) is 0. The van der Waals surface area contributed by atoms with Gasteiger partial charge in [-0.2, -0.15) is 0 Å². The van der Waals surface area contributed by atoms with Gasteiger partial charge in [-0.3, -0.25) is 0 Å². The minimum atomic E-state index is -0.918. The van der Waals surface area contributed by atoms with Gasteiger partial charge in [-0.15, -0.1) is 0 Å². The third-order valence-corrected chi connectivity index (χ3v) is 2.69. The summed E-state index contributed by atoms with van der Waals surface area (Å²) in [6, 6.07) is 0. The van der Waals surface area contributed by atoms with Gasteiger partial charge in [-0.05, 0) is 25.2 Å². The molecule has 1 aliphatic heterocycles. The Morgan fingerprint density at radius 1 is 1.67 bits per heavy atom. The Balaban J connectivity index is 2.27. The molecule has 1 heterocycles. The van der Waals surface area contributed by atoms with E-state index in [9.17, 15) is 9.90 Å². The van der Waals surface area contributed by atoms with Gasteiger partial charge in [-0.25, -0.2) is 4.79 Å². The van der Waals surface area contributed by atoms with Gasteiger partial charge in [0, 0.05) is 6.08 Å². The maximum Gasteiger partial charge on any atom is 0.327 e. The molecule has 0 aromatic rings. The molecular formula is C11H18O4. The highest BCUT2D eigenvalue weighted by Gasteiger charge is 2.29. The minimum absolute atomic E-state index is 0.0711. The fourth-order valence-electron chi connectivity index (χ4n) is 1.78. The summed E-state index contributed by atoms with van der Waals surface area (Å²) < 4.78 is 5.44. The van der Waals surface area contributed by atoms with E-state index in [1.807, 2.05) is 6.92 Å². The summed E-state index contributed by atoms with van der Waals surface area (Å²) in [5, 5.41) is 18.0. The summed E-state index contributed by atoms with van der Waals surface area (Å²) in [6.45, 7) is 2.54. The normalized spacial score (nSPS) is 28.4. The van der Waals surface area contributed by atoms with Crippen LogP contribution in [0.4, 0.5) is 0 Å². The molecule has 4 heteroatoms. The Bertz CT molecular complexity index is 237. The van der Waals surface area contributed by atoms with E-state index in [2.05, 4.69) is 0 Å². The summed E-state index contributed by atoms with van der Waals surface area (Å²) in [6.07, 6.45) is 4.57. The van der Waals surface area contributed by atoms with Crippen LogP contribution in [0.3, 0.4) is 0 Å². The van der Waals surface area contributed by atoms with Crippen molar-refractivity contribution in [3.05, 3.63) is 12.2 Å². The van der Waals surface area contributed by atoms with E-state index >= 15 is 0 Å². The number of aliphatic hydroxyl groups excluding tert-OH is 1. The molecule has 2 N–H and O–H groups in total. The summed E-state index contributed by atoms with van der Waals surface area (Å²) in [4.78, 5) is 10.2. The zero-order chi connectivity index (χ0) is 11.3. The molecule has 0 aromatic carbocycles. The number of carboxylic acid groups (broad SMARTS) is 1. The highest BCUT2D eigenvalue weighted by molar-refractivity contribution is 5.79. The highest BCUT2D eigenvalue weighted by Crippen LogP contribution is 2.25. The van der Waals surface area contributed by atoms with Gasteiger partial charge in [0.25, 0.3) is 0 Å². The minimum Gasteiger partial charge on any atom is -0.478 e. The number of hydrogen-bond acceptors (Lipinski definition) is 3. The predicted molar refractivity (Wildman–Crippen MR) is 55.5 cm³/mol. The molecule has 86 valence electrons. The van der Waals surface area contributed by atoms with Crippen molar-refractivity contribution in [1.29, 1.82) is 0 Å². The van der Waals surface area contributed by atoms with Gasteiger partial charge < -0.3 is 14.9 Å². The fraction of sp³-hybridized carbons (Fsp3) is 0.727. The molecule has 15 heavy (non-hydrogen) atoms. The summed E-state index contributed by atoms with van der Waals surface area (Å²) in [5.74, 6) is -0.578. The Morgan fingerprint density at radius 2 is 2.40 bits per heavy atom. The molecule has 0 bridgehead atoms. The van der Waals surface area contributed by atoms with Crippen LogP contribution in [0.5, 0.6) is 0 Å². The maximum atomic E-state index is 10.2. The SMILES string of the molecule is CC[C@H](O)[C@@H]1C[C@@H](C/C=C/C(=O)O)CO1. The second-order valence-corrected chi connectivity index (χ2v) is 3.93. The molecular weight excluding hydrogens is 196 g/mol. The number of rotatable bonds is 5. The van der Waals surface area contributed by atoms with Crippen LogP contribution in [-0.4, -0.2) is 35.0 Å². The lowest BCUT2D eigenvalue weighted by Crippen LogP contribution is -2.24. The van der Waals surface area contributed by atoms with Gasteiger partial charge in [-0.1, -0.05) is 13.0 Å². The predicted octanol–water partition coefficient (Wildman–Crippen LogP) is 1.19. The number of carboxylic acids is 1. The number of aliphatic hydroxyl groups is 1. The lowest BCUT2D eigenvalue weighted by molar-refractivity contribution is -0.131. The highest BCUT2D eigenvalue weighted by atomic mass is 16.5. The molecule has 1 aliphatic rings. The third-order valence-electron chi connectivity index (χ3n) is 2.69. The van der Waals surface area contributed by atoms with Crippen molar-refractivity contribution in [3.8, 4) is 0 Å². The number of hydrogen-bond donors (Lipinski definition) is 2. The molecule has 0 spiro atoms. The second-order valence-electron chi connectivity index (χ2n) is 3.93. The molecule has 0 aliphatic carbocycles. The smallest absolute Gasteiger partial charge is 0.327 e. The van der Waals surface area contributed by atoms with Crippen molar-refractivity contribution in [2.24, 2.45) is 5.92 Å². The van der Waals surface area contributed by atoms with E-state index < -0.39 is 12.1 Å². The molecule has 0 saturated carbocycles. The number of allylic oxidation sites excluding steroid dienone is 1. The zero-order valence-electron chi connectivity index (χ0n) is 8.93. The zero-order valence-corrected chi connectivity index (χ0v) is 8.93. The van der Waals surface area contributed by atoms with Gasteiger partial charge >= 0.3 is 5.97 Å². The van der Waals surface area contributed by atoms with E-state index in [4.69, 9.17) is 9.84 Å². The van der Waals surface area contributed by atoms with Crippen LogP contribution in [0.15, 0.2) is 12.2 Å². The lowest BCUT2D eigenvalue weighted by atomic mass is 9.98. The van der Waals surface area contributed by atoms with Crippen molar-refractivity contribution in [3.63, 3.8) is 0 Å². The Kier molecular flexibility index (Phi) is 4.78. The monoisotopic (exact) mass is 214 g/mol. The Morgan fingerprint density at radius 3 is 3.00 bits per heavy atom. The molecule has 4 nitrogen and oxygen atoms in total. The van der Waals surface area contributed by atoms with Crippen LogP contribution in [0.1, 0.15) is 26.2 Å².